The second-order valence-corrected chi connectivity index (χ2v) is 4.29. The van der Waals surface area contributed by atoms with Crippen molar-refractivity contribution in [3.63, 3.8) is 0 Å². The Kier molecular flexibility index (Phi) is 5.12. The lowest BCUT2D eigenvalue weighted by atomic mass is 10.1. The van der Waals surface area contributed by atoms with Crippen LogP contribution in [0.1, 0.15) is 11.1 Å². The number of carbonyl (C=O) groups is 1. The fraction of sp³-hybridized carbons (Fsp3) is 0.462. The topological polar surface area (TPSA) is 75.8 Å². The van der Waals surface area contributed by atoms with Gasteiger partial charge in [0.05, 0.1) is 13.7 Å². The Hall–Kier alpha value is -1.59. The van der Waals surface area contributed by atoms with E-state index >= 15 is 0 Å². The lowest BCUT2D eigenvalue weighted by molar-refractivity contribution is -0.132. The number of nitrogens with two attached hydrogens (primary N) is 1. The van der Waals surface area contributed by atoms with Gasteiger partial charge in [0.1, 0.15) is 11.8 Å². The summed E-state index contributed by atoms with van der Waals surface area (Å²) in [5.74, 6) is 0.547. The summed E-state index contributed by atoms with van der Waals surface area (Å²) in [6, 6.07) is 4.89. The summed E-state index contributed by atoms with van der Waals surface area (Å²) in [7, 11) is 3.29. The van der Waals surface area contributed by atoms with Gasteiger partial charge in [-0.2, -0.15) is 0 Å². The van der Waals surface area contributed by atoms with Gasteiger partial charge in [-0.05, 0) is 24.1 Å². The van der Waals surface area contributed by atoms with E-state index in [1.54, 1.807) is 14.2 Å². The van der Waals surface area contributed by atoms with E-state index in [0.29, 0.717) is 6.54 Å². The molecular formula is C13H20N2O3. The molecule has 5 heteroatoms. The highest BCUT2D eigenvalue weighted by Crippen LogP contribution is 2.19. The summed E-state index contributed by atoms with van der Waals surface area (Å²) >= 11 is 0. The molecule has 0 radical (unpaired) electrons. The number of methoxy groups -OCH3 is 1. The van der Waals surface area contributed by atoms with Crippen molar-refractivity contribution >= 4 is 5.91 Å². The zero-order valence-electron chi connectivity index (χ0n) is 11.0. The number of hydrogen-bond donors (Lipinski definition) is 2. The van der Waals surface area contributed by atoms with Crippen LogP contribution in [0.3, 0.4) is 0 Å². The molecule has 3 N–H and O–H groups in total. The molecule has 1 aromatic rings. The largest absolute Gasteiger partial charge is 0.496 e. The minimum Gasteiger partial charge on any atom is -0.496 e. The van der Waals surface area contributed by atoms with E-state index in [2.05, 4.69) is 0 Å². The maximum absolute atomic E-state index is 11.7. The molecule has 0 saturated heterocycles. The van der Waals surface area contributed by atoms with E-state index < -0.39 is 6.04 Å². The number of ether oxygens (including phenoxy) is 1. The Labute approximate surface area is 107 Å². The molecule has 5 nitrogen and oxygen atoms in total. The Morgan fingerprint density at radius 1 is 1.56 bits per heavy atom. The molecule has 1 aromatic carbocycles. The number of rotatable bonds is 5. The zero-order valence-corrected chi connectivity index (χ0v) is 11.0. The smallest absolute Gasteiger partial charge is 0.241 e. The predicted octanol–water partition coefficient (Wildman–Crippen LogP) is 0.282. The molecule has 0 aromatic heterocycles. The quantitative estimate of drug-likeness (QED) is 0.789. The molecule has 1 rings (SSSR count). The number of carbonyl (C=O) groups excluding carboxylic acids is 1. The number of aliphatic hydroxyl groups excluding tert-OH is 1. The lowest BCUT2D eigenvalue weighted by Gasteiger charge is -2.20. The molecule has 0 spiro atoms. The first kappa shape index (κ1) is 14.5. The number of benzene rings is 1. The average molecular weight is 252 g/mol. The Balaban J connectivity index is 2.73. The van der Waals surface area contributed by atoms with Gasteiger partial charge in [0.25, 0.3) is 0 Å². The minimum atomic E-state index is -0.852. The summed E-state index contributed by atoms with van der Waals surface area (Å²) in [4.78, 5) is 13.2. The van der Waals surface area contributed by atoms with Crippen molar-refractivity contribution in [2.24, 2.45) is 5.73 Å². The zero-order chi connectivity index (χ0) is 13.7. The highest BCUT2D eigenvalue weighted by Gasteiger charge is 2.17. The first-order valence-electron chi connectivity index (χ1n) is 5.74. The number of nitrogens with zero attached hydrogens (tertiary/aromatic N) is 1. The molecule has 0 aliphatic heterocycles. The first-order chi connectivity index (χ1) is 8.49. The van der Waals surface area contributed by atoms with Crippen LogP contribution in [-0.4, -0.2) is 42.7 Å². The van der Waals surface area contributed by atoms with E-state index in [0.717, 1.165) is 16.9 Å². The summed E-state index contributed by atoms with van der Waals surface area (Å²) in [6.45, 7) is 2.06. The summed E-state index contributed by atoms with van der Waals surface area (Å²) in [6.07, 6.45) is 0. The molecule has 1 unspecified atom stereocenters. The predicted molar refractivity (Wildman–Crippen MR) is 69.3 cm³/mol. The van der Waals surface area contributed by atoms with Crippen molar-refractivity contribution in [2.75, 3.05) is 20.8 Å². The van der Waals surface area contributed by atoms with Gasteiger partial charge in [-0.1, -0.05) is 12.1 Å². The fourth-order valence-corrected chi connectivity index (χ4v) is 1.75. The van der Waals surface area contributed by atoms with Gasteiger partial charge in [0, 0.05) is 13.6 Å². The van der Waals surface area contributed by atoms with Crippen LogP contribution in [0.2, 0.25) is 0 Å². The Morgan fingerprint density at radius 2 is 2.22 bits per heavy atom. The molecular weight excluding hydrogens is 232 g/mol. The third kappa shape index (κ3) is 3.45. The molecule has 0 heterocycles. The van der Waals surface area contributed by atoms with Crippen molar-refractivity contribution in [2.45, 2.75) is 19.5 Å². The second-order valence-electron chi connectivity index (χ2n) is 4.29. The highest BCUT2D eigenvalue weighted by atomic mass is 16.5. The van der Waals surface area contributed by atoms with Gasteiger partial charge < -0.3 is 20.5 Å². The summed E-state index contributed by atoms with van der Waals surface area (Å²) in [5, 5.41) is 8.84. The van der Waals surface area contributed by atoms with Crippen LogP contribution in [0, 0.1) is 6.92 Å². The Bertz CT molecular complexity index is 421. The van der Waals surface area contributed by atoms with Crippen LogP contribution in [0.25, 0.3) is 0 Å². The number of likely N-dealkylation sites (N-methyl/N-ethyl adjacent to an activating group) is 1. The van der Waals surface area contributed by atoms with Crippen LogP contribution in [0.5, 0.6) is 5.75 Å². The molecule has 100 valence electrons. The highest BCUT2D eigenvalue weighted by molar-refractivity contribution is 5.81. The van der Waals surface area contributed by atoms with Crippen LogP contribution < -0.4 is 10.5 Å². The maximum atomic E-state index is 11.7. The van der Waals surface area contributed by atoms with Crippen LogP contribution in [-0.2, 0) is 11.3 Å². The van der Waals surface area contributed by atoms with Crippen molar-refractivity contribution in [3.8, 4) is 5.75 Å². The van der Waals surface area contributed by atoms with E-state index in [1.807, 2.05) is 25.1 Å². The molecule has 18 heavy (non-hydrogen) atoms. The third-order valence-corrected chi connectivity index (χ3v) is 2.77. The molecule has 0 aliphatic rings. The molecule has 0 aliphatic carbocycles. The van der Waals surface area contributed by atoms with Crippen molar-refractivity contribution in [3.05, 3.63) is 29.3 Å². The second kappa shape index (κ2) is 6.37. The monoisotopic (exact) mass is 252 g/mol. The van der Waals surface area contributed by atoms with E-state index in [1.165, 1.54) is 4.90 Å². The molecule has 0 saturated carbocycles. The SMILES string of the molecule is COc1ccc(CN(C)C(=O)C(N)CO)cc1C. The van der Waals surface area contributed by atoms with Gasteiger partial charge in [-0.15, -0.1) is 0 Å². The molecule has 1 atom stereocenters. The van der Waals surface area contributed by atoms with E-state index in [-0.39, 0.29) is 12.5 Å². The van der Waals surface area contributed by atoms with Crippen LogP contribution in [0.4, 0.5) is 0 Å². The number of aryl methyl sites for hydroxylation is 1. The van der Waals surface area contributed by atoms with Crippen LogP contribution in [0.15, 0.2) is 18.2 Å². The minimum absolute atomic E-state index is 0.272. The van der Waals surface area contributed by atoms with Crippen LogP contribution >= 0.6 is 0 Å². The third-order valence-electron chi connectivity index (χ3n) is 2.77. The number of amides is 1. The molecule has 1 amide bonds. The average Bonchev–Trinajstić information content (AvgIpc) is 2.37. The maximum Gasteiger partial charge on any atom is 0.241 e. The van der Waals surface area contributed by atoms with Crippen molar-refractivity contribution < 1.29 is 14.6 Å². The van der Waals surface area contributed by atoms with E-state index in [4.69, 9.17) is 15.6 Å². The molecule has 0 bridgehead atoms. The standard InChI is InChI=1S/C13H20N2O3/c1-9-6-10(4-5-12(9)18-3)7-15(2)13(17)11(14)8-16/h4-6,11,16H,7-8,14H2,1-3H3. The number of aliphatic hydroxyl groups is 1. The number of hydrogen-bond acceptors (Lipinski definition) is 4. The summed E-state index contributed by atoms with van der Waals surface area (Å²) in [5.41, 5.74) is 7.50. The molecule has 0 fully saturated rings. The van der Waals surface area contributed by atoms with Gasteiger partial charge in [0.15, 0.2) is 0 Å². The van der Waals surface area contributed by atoms with Gasteiger partial charge in [-0.25, -0.2) is 0 Å². The normalized spacial score (nSPS) is 12.1. The van der Waals surface area contributed by atoms with Gasteiger partial charge >= 0.3 is 0 Å². The van der Waals surface area contributed by atoms with Crippen molar-refractivity contribution in [1.29, 1.82) is 0 Å². The van der Waals surface area contributed by atoms with Gasteiger partial charge in [-0.3, -0.25) is 4.79 Å². The van der Waals surface area contributed by atoms with Gasteiger partial charge in [0.2, 0.25) is 5.91 Å². The lowest BCUT2D eigenvalue weighted by Crippen LogP contribution is -2.43. The first-order valence-corrected chi connectivity index (χ1v) is 5.74. The summed E-state index contributed by atoms with van der Waals surface area (Å²) < 4.78 is 5.17. The van der Waals surface area contributed by atoms with E-state index in [9.17, 15) is 4.79 Å². The fourth-order valence-electron chi connectivity index (χ4n) is 1.75. The Morgan fingerprint density at radius 3 is 2.72 bits per heavy atom. The van der Waals surface area contributed by atoms with Crippen molar-refractivity contribution in [1.82, 2.24) is 4.90 Å².